The van der Waals surface area contributed by atoms with Crippen LogP contribution in [0.1, 0.15) is 12.5 Å². The Morgan fingerprint density at radius 1 is 1.09 bits per heavy atom. The van der Waals surface area contributed by atoms with E-state index in [1.807, 2.05) is 19.1 Å². The third kappa shape index (κ3) is 6.61. The maximum atomic E-state index is 10.9. The summed E-state index contributed by atoms with van der Waals surface area (Å²) in [6.45, 7) is 3.23. The monoisotopic (exact) mass is 383 g/mol. The minimum absolute atomic E-state index is 0.285. The van der Waals surface area contributed by atoms with Gasteiger partial charge in [-0.05, 0) is 24.6 Å². The normalized spacial score (nSPS) is 10.4. The summed E-state index contributed by atoms with van der Waals surface area (Å²) >= 11 is -5.09. The summed E-state index contributed by atoms with van der Waals surface area (Å²) < 4.78 is 28.2. The number of rotatable bonds is 2. The predicted octanol–water partition coefficient (Wildman–Crippen LogP) is 0.612. The summed E-state index contributed by atoms with van der Waals surface area (Å²) in [5, 5.41) is 20.5. The third-order valence-corrected chi connectivity index (χ3v) is 4.72. The van der Waals surface area contributed by atoms with Crippen LogP contribution in [0.5, 0.6) is 11.5 Å². The zero-order chi connectivity index (χ0) is 17.6. The van der Waals surface area contributed by atoms with Crippen LogP contribution in [0, 0.1) is 6.92 Å². The second-order valence-electron chi connectivity index (χ2n) is 4.77. The Morgan fingerprint density at radius 3 is 2.13 bits per heavy atom. The number of carbonyl (C=O) groups is 1. The molecule has 0 aliphatic carbocycles. The Bertz CT molecular complexity index is 723. The molecule has 0 bridgehead atoms. The first-order valence-electron chi connectivity index (χ1n) is 6.52. The standard InChI is InChI=1S/C8H10AsNO5.C7H8O/c1-5(11)10-6-2-3-7(8(12)4-6)9(13,14)15;1-6-3-2-4-7(8)5-6/h2-4,12H,1H3,(H,10,11)(H2,13,14,15);2-5,8H,1H3. The van der Waals surface area contributed by atoms with E-state index in [0.29, 0.717) is 5.75 Å². The number of aromatic hydroxyl groups is 2. The Kier molecular flexibility index (Phi) is 6.45. The average molecular weight is 383 g/mol. The molecule has 0 aliphatic rings. The molecular formula is C15H18AsNO6. The third-order valence-electron chi connectivity index (χ3n) is 2.61. The fourth-order valence-corrected chi connectivity index (χ4v) is 3.00. The van der Waals surface area contributed by atoms with Crippen molar-refractivity contribution in [1.29, 1.82) is 0 Å². The molecular weight excluding hydrogens is 365 g/mol. The van der Waals surface area contributed by atoms with Gasteiger partial charge in [-0.2, -0.15) is 0 Å². The molecule has 0 spiro atoms. The molecule has 0 saturated heterocycles. The summed E-state index contributed by atoms with van der Waals surface area (Å²) in [5.74, 6) is -0.512. The van der Waals surface area contributed by atoms with Crippen molar-refractivity contribution in [2.45, 2.75) is 13.8 Å². The van der Waals surface area contributed by atoms with Crippen LogP contribution in [0.15, 0.2) is 42.5 Å². The van der Waals surface area contributed by atoms with Gasteiger partial charge in [-0.25, -0.2) is 0 Å². The van der Waals surface area contributed by atoms with E-state index < -0.39 is 24.3 Å². The minimum atomic E-state index is -5.09. The molecule has 0 fully saturated rings. The minimum Gasteiger partial charge on any atom is -0.508 e. The fourth-order valence-electron chi connectivity index (χ4n) is 1.68. The van der Waals surface area contributed by atoms with Gasteiger partial charge >= 0.3 is 88.1 Å². The van der Waals surface area contributed by atoms with Gasteiger partial charge in [0.25, 0.3) is 0 Å². The van der Waals surface area contributed by atoms with E-state index in [2.05, 4.69) is 5.32 Å². The van der Waals surface area contributed by atoms with Crippen molar-refractivity contribution in [3.8, 4) is 11.5 Å². The summed E-state index contributed by atoms with van der Waals surface area (Å²) in [4.78, 5) is 10.7. The van der Waals surface area contributed by atoms with Crippen LogP contribution in [0.2, 0.25) is 0 Å². The number of anilines is 1. The molecule has 2 rings (SSSR count). The number of benzene rings is 2. The predicted molar refractivity (Wildman–Crippen MR) is 85.8 cm³/mol. The number of carbonyl (C=O) groups excluding carboxylic acids is 1. The van der Waals surface area contributed by atoms with Gasteiger partial charge in [-0.1, -0.05) is 12.1 Å². The number of hydrogen-bond acceptors (Lipinski definition) is 4. The number of amides is 1. The Hall–Kier alpha value is -2.21. The van der Waals surface area contributed by atoms with Crippen molar-refractivity contribution in [3.63, 3.8) is 0 Å². The van der Waals surface area contributed by atoms with Crippen LogP contribution in [0.4, 0.5) is 5.69 Å². The zero-order valence-electron chi connectivity index (χ0n) is 12.6. The molecule has 124 valence electrons. The van der Waals surface area contributed by atoms with Crippen LogP contribution >= 0.6 is 0 Å². The van der Waals surface area contributed by atoms with Crippen LogP contribution in [0.25, 0.3) is 0 Å². The van der Waals surface area contributed by atoms with Crippen molar-refractivity contribution in [1.82, 2.24) is 0 Å². The van der Waals surface area contributed by atoms with Crippen molar-refractivity contribution in [2.75, 3.05) is 5.32 Å². The van der Waals surface area contributed by atoms with E-state index in [0.717, 1.165) is 17.7 Å². The summed E-state index contributed by atoms with van der Waals surface area (Å²) in [7, 11) is 0. The quantitative estimate of drug-likeness (QED) is 0.484. The molecule has 0 aromatic heterocycles. The molecule has 5 N–H and O–H groups in total. The van der Waals surface area contributed by atoms with E-state index in [9.17, 15) is 13.6 Å². The van der Waals surface area contributed by atoms with Gasteiger partial charge < -0.3 is 5.11 Å². The van der Waals surface area contributed by atoms with Crippen LogP contribution in [-0.2, 0) is 8.53 Å². The van der Waals surface area contributed by atoms with Crippen molar-refractivity contribution < 1.29 is 26.9 Å². The largest absolute Gasteiger partial charge is 0.508 e. The molecule has 0 heterocycles. The van der Waals surface area contributed by atoms with Gasteiger partial charge in [0.2, 0.25) is 0 Å². The number of nitrogens with one attached hydrogen (secondary N) is 1. The molecule has 2 aromatic rings. The fraction of sp³-hybridized carbons (Fsp3) is 0.133. The van der Waals surface area contributed by atoms with Crippen molar-refractivity contribution >= 4 is 30.1 Å². The van der Waals surface area contributed by atoms with Gasteiger partial charge in [-0.15, -0.1) is 0 Å². The first-order valence-corrected chi connectivity index (χ1v) is 9.90. The van der Waals surface area contributed by atoms with E-state index in [4.69, 9.17) is 13.3 Å². The molecule has 0 radical (unpaired) electrons. The van der Waals surface area contributed by atoms with Crippen LogP contribution in [-0.4, -0.2) is 38.5 Å². The first kappa shape index (κ1) is 18.8. The van der Waals surface area contributed by atoms with E-state index in [1.165, 1.54) is 13.0 Å². The second-order valence-corrected chi connectivity index (χ2v) is 8.06. The van der Waals surface area contributed by atoms with E-state index >= 15 is 0 Å². The van der Waals surface area contributed by atoms with Crippen molar-refractivity contribution in [2.24, 2.45) is 0 Å². The molecule has 0 aliphatic heterocycles. The number of phenolic OH excluding ortho intramolecular Hbond substituents is 2. The topological polar surface area (TPSA) is 127 Å². The number of phenols is 2. The van der Waals surface area contributed by atoms with Gasteiger partial charge in [0.05, 0.1) is 0 Å². The smallest absolute Gasteiger partial charge is 0.115 e. The molecule has 23 heavy (non-hydrogen) atoms. The van der Waals surface area contributed by atoms with Gasteiger partial charge in [0.1, 0.15) is 5.75 Å². The average Bonchev–Trinajstić information content (AvgIpc) is 2.36. The second kappa shape index (κ2) is 7.87. The molecule has 0 unspecified atom stereocenters. The maximum Gasteiger partial charge on any atom is 0.115 e. The van der Waals surface area contributed by atoms with Crippen LogP contribution in [0.3, 0.4) is 0 Å². The summed E-state index contributed by atoms with van der Waals surface area (Å²) in [6.07, 6.45) is 0. The molecule has 0 atom stereocenters. The Labute approximate surface area is 136 Å². The van der Waals surface area contributed by atoms with Gasteiger partial charge in [-0.3, -0.25) is 0 Å². The van der Waals surface area contributed by atoms with E-state index in [1.54, 1.807) is 12.1 Å². The van der Waals surface area contributed by atoms with Gasteiger partial charge in [0, 0.05) is 0 Å². The molecule has 1 amide bonds. The molecule has 2 aromatic carbocycles. The van der Waals surface area contributed by atoms with Crippen LogP contribution < -0.4 is 9.67 Å². The van der Waals surface area contributed by atoms with Crippen molar-refractivity contribution in [3.05, 3.63) is 48.0 Å². The van der Waals surface area contributed by atoms with E-state index in [-0.39, 0.29) is 11.6 Å². The molecule has 8 heteroatoms. The maximum absolute atomic E-state index is 10.9. The molecule has 7 nitrogen and oxygen atoms in total. The Balaban J connectivity index is 0.000000277. The summed E-state index contributed by atoms with van der Waals surface area (Å²) in [5.41, 5.74) is 1.37. The first-order chi connectivity index (χ1) is 10.6. The Morgan fingerprint density at radius 2 is 1.74 bits per heavy atom. The summed E-state index contributed by atoms with van der Waals surface area (Å²) in [6, 6.07) is 10.7. The molecule has 0 saturated carbocycles. The number of aryl methyl sites for hydroxylation is 1. The zero-order valence-corrected chi connectivity index (χ0v) is 14.5. The van der Waals surface area contributed by atoms with Gasteiger partial charge in [0.15, 0.2) is 0 Å². The number of hydrogen-bond donors (Lipinski definition) is 5. The SMILES string of the molecule is CC(=O)Nc1ccc([As](=O)(O)O)c(O)c1.Cc1cccc(O)c1.